The van der Waals surface area contributed by atoms with Crippen molar-refractivity contribution in [1.29, 1.82) is 0 Å². The van der Waals surface area contributed by atoms with E-state index in [0.717, 1.165) is 38.9 Å². The van der Waals surface area contributed by atoms with Gasteiger partial charge in [0.15, 0.2) is 0 Å². The van der Waals surface area contributed by atoms with Crippen LogP contribution >= 0.6 is 0 Å². The van der Waals surface area contributed by atoms with Crippen LogP contribution in [0.15, 0.2) is 12.4 Å². The molecule has 0 spiro atoms. The zero-order valence-corrected chi connectivity index (χ0v) is 12.4. The molecular formula is C14H25N5O. The third-order valence-corrected chi connectivity index (χ3v) is 4.22. The summed E-state index contributed by atoms with van der Waals surface area (Å²) < 4.78 is 1.78. The maximum absolute atomic E-state index is 12.4. The third kappa shape index (κ3) is 3.79. The Hall–Kier alpha value is -1.43. The highest BCUT2D eigenvalue weighted by Gasteiger charge is 2.36. The summed E-state index contributed by atoms with van der Waals surface area (Å²) in [5.74, 6) is 0.580. The average molecular weight is 279 g/mol. The molecule has 1 amide bonds. The van der Waals surface area contributed by atoms with Crippen molar-refractivity contribution in [3.63, 3.8) is 0 Å². The lowest BCUT2D eigenvalue weighted by Crippen LogP contribution is -2.47. The van der Waals surface area contributed by atoms with E-state index >= 15 is 0 Å². The number of amides is 1. The average Bonchev–Trinajstić information content (AvgIpc) is 2.97. The van der Waals surface area contributed by atoms with Crippen LogP contribution in [0.1, 0.15) is 33.1 Å². The Morgan fingerprint density at radius 2 is 2.40 bits per heavy atom. The number of hydrogen-bond donors (Lipinski definition) is 2. The van der Waals surface area contributed by atoms with Crippen molar-refractivity contribution in [2.75, 3.05) is 19.6 Å². The first-order valence-corrected chi connectivity index (χ1v) is 7.44. The zero-order chi connectivity index (χ0) is 14.4. The predicted molar refractivity (Wildman–Crippen MR) is 77.0 cm³/mol. The third-order valence-electron chi connectivity index (χ3n) is 4.22. The largest absolute Gasteiger partial charge is 0.356 e. The van der Waals surface area contributed by atoms with Crippen molar-refractivity contribution in [3.8, 4) is 0 Å². The lowest BCUT2D eigenvalue weighted by molar-refractivity contribution is -0.132. The summed E-state index contributed by atoms with van der Waals surface area (Å²) in [7, 11) is 0. The molecule has 6 nitrogen and oxygen atoms in total. The first-order chi connectivity index (χ1) is 9.60. The summed E-state index contributed by atoms with van der Waals surface area (Å²) in [4.78, 5) is 12.4. The fourth-order valence-corrected chi connectivity index (χ4v) is 2.68. The Balaban J connectivity index is 1.72. The van der Waals surface area contributed by atoms with Crippen LogP contribution < -0.4 is 10.6 Å². The molecule has 112 valence electrons. The predicted octanol–water partition coefficient (Wildman–Crippen LogP) is 0.810. The molecular weight excluding hydrogens is 254 g/mol. The van der Waals surface area contributed by atoms with Gasteiger partial charge >= 0.3 is 0 Å². The number of nitrogens with one attached hydrogen (secondary N) is 2. The molecule has 1 fully saturated rings. The van der Waals surface area contributed by atoms with Gasteiger partial charge in [-0.3, -0.25) is 9.48 Å². The van der Waals surface area contributed by atoms with Gasteiger partial charge in [-0.15, -0.1) is 5.10 Å². The standard InChI is InChI=1S/C14H25N5O/c1-14(2,12-5-3-6-15-11-12)13(20)16-7-4-9-19-10-8-17-18-19/h8,10,12,15H,3-7,9,11H2,1-2H3,(H,16,20). The van der Waals surface area contributed by atoms with Crippen molar-refractivity contribution in [1.82, 2.24) is 25.6 Å². The van der Waals surface area contributed by atoms with Gasteiger partial charge in [0, 0.05) is 24.7 Å². The van der Waals surface area contributed by atoms with Crippen molar-refractivity contribution in [2.45, 2.75) is 39.7 Å². The molecule has 6 heteroatoms. The first-order valence-electron chi connectivity index (χ1n) is 7.44. The van der Waals surface area contributed by atoms with Crippen LogP contribution in [0.25, 0.3) is 0 Å². The minimum absolute atomic E-state index is 0.157. The number of nitrogens with zero attached hydrogens (tertiary/aromatic N) is 3. The van der Waals surface area contributed by atoms with Crippen molar-refractivity contribution >= 4 is 5.91 Å². The zero-order valence-electron chi connectivity index (χ0n) is 12.4. The molecule has 1 unspecified atom stereocenters. The van der Waals surface area contributed by atoms with E-state index in [0.29, 0.717) is 12.5 Å². The van der Waals surface area contributed by atoms with Gasteiger partial charge in [-0.05, 0) is 38.3 Å². The van der Waals surface area contributed by atoms with Crippen LogP contribution in [0, 0.1) is 11.3 Å². The highest BCUT2D eigenvalue weighted by Crippen LogP contribution is 2.31. The quantitative estimate of drug-likeness (QED) is 0.756. The van der Waals surface area contributed by atoms with Crippen LogP contribution in [-0.4, -0.2) is 40.5 Å². The molecule has 1 saturated heterocycles. The molecule has 1 aromatic heterocycles. The Kier molecular flexibility index (Phi) is 5.11. The second-order valence-corrected chi connectivity index (χ2v) is 6.04. The van der Waals surface area contributed by atoms with Gasteiger partial charge in [-0.1, -0.05) is 19.1 Å². The smallest absolute Gasteiger partial charge is 0.225 e. The van der Waals surface area contributed by atoms with E-state index < -0.39 is 0 Å². The highest BCUT2D eigenvalue weighted by atomic mass is 16.2. The summed E-state index contributed by atoms with van der Waals surface area (Å²) in [6.07, 6.45) is 6.66. The number of carbonyl (C=O) groups excluding carboxylic acids is 1. The maximum atomic E-state index is 12.4. The summed E-state index contributed by atoms with van der Waals surface area (Å²) in [6, 6.07) is 0. The number of rotatable bonds is 6. The number of aryl methyl sites for hydroxylation is 1. The molecule has 1 aliphatic heterocycles. The van der Waals surface area contributed by atoms with Crippen molar-refractivity contribution in [3.05, 3.63) is 12.4 Å². The summed E-state index contributed by atoms with van der Waals surface area (Å²) in [5.41, 5.74) is -0.305. The Bertz CT molecular complexity index is 409. The van der Waals surface area contributed by atoms with E-state index in [1.807, 2.05) is 6.20 Å². The molecule has 2 rings (SSSR count). The molecule has 0 radical (unpaired) electrons. The minimum Gasteiger partial charge on any atom is -0.356 e. The number of carbonyl (C=O) groups is 1. The lowest BCUT2D eigenvalue weighted by atomic mass is 9.74. The number of piperidine rings is 1. The molecule has 1 aliphatic rings. The lowest BCUT2D eigenvalue weighted by Gasteiger charge is -2.36. The van der Waals surface area contributed by atoms with E-state index in [1.165, 1.54) is 0 Å². The van der Waals surface area contributed by atoms with Crippen LogP contribution in [0.4, 0.5) is 0 Å². The van der Waals surface area contributed by atoms with Gasteiger partial charge < -0.3 is 10.6 Å². The first kappa shape index (κ1) is 15.0. The van der Waals surface area contributed by atoms with Gasteiger partial charge in [0.25, 0.3) is 0 Å². The van der Waals surface area contributed by atoms with Crippen LogP contribution in [0.3, 0.4) is 0 Å². The van der Waals surface area contributed by atoms with Gasteiger partial charge in [0.05, 0.1) is 6.20 Å². The number of aromatic nitrogens is 3. The maximum Gasteiger partial charge on any atom is 0.225 e. The number of hydrogen-bond acceptors (Lipinski definition) is 4. The van der Waals surface area contributed by atoms with E-state index in [9.17, 15) is 4.79 Å². The van der Waals surface area contributed by atoms with Crippen LogP contribution in [0.2, 0.25) is 0 Å². The molecule has 2 heterocycles. The molecule has 2 N–H and O–H groups in total. The summed E-state index contributed by atoms with van der Waals surface area (Å²) in [6.45, 7) is 7.59. The van der Waals surface area contributed by atoms with Crippen molar-refractivity contribution in [2.24, 2.45) is 11.3 Å². The van der Waals surface area contributed by atoms with Gasteiger partial charge in [0.2, 0.25) is 5.91 Å². The van der Waals surface area contributed by atoms with Crippen molar-refractivity contribution < 1.29 is 4.79 Å². The molecule has 0 aliphatic carbocycles. The Labute approximate surface area is 120 Å². The van der Waals surface area contributed by atoms with Crippen LogP contribution in [-0.2, 0) is 11.3 Å². The highest BCUT2D eigenvalue weighted by molar-refractivity contribution is 5.82. The Morgan fingerprint density at radius 3 is 3.05 bits per heavy atom. The van der Waals surface area contributed by atoms with Gasteiger partial charge in [-0.2, -0.15) is 0 Å². The SMILES string of the molecule is CC(C)(C(=O)NCCCn1ccnn1)C1CCCNC1. The van der Waals surface area contributed by atoms with Gasteiger partial charge in [-0.25, -0.2) is 0 Å². The molecule has 0 saturated carbocycles. The summed E-state index contributed by atoms with van der Waals surface area (Å²) >= 11 is 0. The monoisotopic (exact) mass is 279 g/mol. The fourth-order valence-electron chi connectivity index (χ4n) is 2.68. The molecule has 1 atom stereocenters. The fraction of sp³-hybridized carbons (Fsp3) is 0.786. The second-order valence-electron chi connectivity index (χ2n) is 6.04. The molecule has 0 bridgehead atoms. The molecule has 20 heavy (non-hydrogen) atoms. The molecule has 0 aromatic carbocycles. The summed E-state index contributed by atoms with van der Waals surface area (Å²) in [5, 5.41) is 14.1. The van der Waals surface area contributed by atoms with E-state index in [1.54, 1.807) is 10.9 Å². The normalized spacial score (nSPS) is 19.8. The Morgan fingerprint density at radius 1 is 1.55 bits per heavy atom. The second kappa shape index (κ2) is 6.83. The van der Waals surface area contributed by atoms with Crippen LogP contribution in [0.5, 0.6) is 0 Å². The van der Waals surface area contributed by atoms with E-state index in [2.05, 4.69) is 34.8 Å². The van der Waals surface area contributed by atoms with Gasteiger partial charge in [0.1, 0.15) is 0 Å². The topological polar surface area (TPSA) is 71.8 Å². The van der Waals surface area contributed by atoms with E-state index in [-0.39, 0.29) is 11.3 Å². The molecule has 1 aromatic rings. The minimum atomic E-state index is -0.305. The van der Waals surface area contributed by atoms with E-state index in [4.69, 9.17) is 0 Å².